The number of nitrogens with one attached hydrogen (secondary N) is 1. The summed E-state index contributed by atoms with van der Waals surface area (Å²) in [7, 11) is 3.04. The van der Waals surface area contributed by atoms with E-state index in [0.717, 1.165) is 5.56 Å². The van der Waals surface area contributed by atoms with Crippen molar-refractivity contribution in [2.24, 2.45) is 5.10 Å². The second kappa shape index (κ2) is 10.1. The number of carbonyl (C=O) groups excluding carboxylic acids is 1. The maximum absolute atomic E-state index is 12.3. The van der Waals surface area contributed by atoms with Gasteiger partial charge in [0, 0.05) is 6.07 Å². The first-order valence-electron chi connectivity index (χ1n) is 8.58. The van der Waals surface area contributed by atoms with Crippen molar-refractivity contribution in [3.05, 3.63) is 47.5 Å². The van der Waals surface area contributed by atoms with Gasteiger partial charge in [0.2, 0.25) is 0 Å². The Kier molecular flexibility index (Phi) is 7.49. The molecule has 1 N–H and O–H groups in total. The van der Waals surface area contributed by atoms with E-state index in [1.165, 1.54) is 13.3 Å². The van der Waals surface area contributed by atoms with Gasteiger partial charge in [0.25, 0.3) is 5.91 Å². The van der Waals surface area contributed by atoms with Gasteiger partial charge in [-0.25, -0.2) is 5.43 Å². The summed E-state index contributed by atoms with van der Waals surface area (Å²) >= 11 is 0. The third-order valence-electron chi connectivity index (χ3n) is 3.60. The van der Waals surface area contributed by atoms with Crippen LogP contribution in [0.25, 0.3) is 0 Å². The molecular formula is C20H24N2O5. The smallest absolute Gasteiger partial charge is 0.275 e. The monoisotopic (exact) mass is 372 g/mol. The number of methoxy groups -OCH3 is 2. The van der Waals surface area contributed by atoms with E-state index in [0.29, 0.717) is 41.8 Å². The summed E-state index contributed by atoms with van der Waals surface area (Å²) < 4.78 is 21.5. The molecule has 7 heteroatoms. The summed E-state index contributed by atoms with van der Waals surface area (Å²) in [5, 5.41) is 4.01. The fourth-order valence-corrected chi connectivity index (χ4v) is 2.36. The predicted octanol–water partition coefficient (Wildman–Crippen LogP) is 3.27. The molecule has 2 rings (SSSR count). The predicted molar refractivity (Wildman–Crippen MR) is 103 cm³/mol. The molecule has 7 nitrogen and oxygen atoms in total. The van der Waals surface area contributed by atoms with Gasteiger partial charge in [0.15, 0.2) is 11.5 Å². The largest absolute Gasteiger partial charge is 0.497 e. The van der Waals surface area contributed by atoms with Crippen LogP contribution in [0, 0.1) is 0 Å². The highest BCUT2D eigenvalue weighted by molar-refractivity contribution is 5.97. The minimum atomic E-state index is -0.387. The molecule has 27 heavy (non-hydrogen) atoms. The average molecular weight is 372 g/mol. The average Bonchev–Trinajstić information content (AvgIpc) is 2.69. The lowest BCUT2D eigenvalue weighted by atomic mass is 10.2. The van der Waals surface area contributed by atoms with Crippen LogP contribution in [0.2, 0.25) is 0 Å². The molecule has 0 unspecified atom stereocenters. The molecule has 0 radical (unpaired) electrons. The molecule has 0 heterocycles. The minimum absolute atomic E-state index is 0.358. The van der Waals surface area contributed by atoms with Gasteiger partial charge in [-0.3, -0.25) is 4.79 Å². The molecule has 2 aromatic rings. The molecule has 0 saturated heterocycles. The van der Waals surface area contributed by atoms with E-state index in [4.69, 9.17) is 18.9 Å². The lowest BCUT2D eigenvalue weighted by molar-refractivity contribution is 0.0952. The minimum Gasteiger partial charge on any atom is -0.497 e. The third-order valence-corrected chi connectivity index (χ3v) is 3.60. The lowest BCUT2D eigenvalue weighted by Gasteiger charge is -2.11. The number of hydrogen-bond acceptors (Lipinski definition) is 6. The molecule has 1 amide bonds. The zero-order valence-corrected chi connectivity index (χ0v) is 15.9. The van der Waals surface area contributed by atoms with Crippen LogP contribution in [0.1, 0.15) is 29.8 Å². The van der Waals surface area contributed by atoms with Crippen LogP contribution in [-0.2, 0) is 0 Å². The van der Waals surface area contributed by atoms with E-state index < -0.39 is 0 Å². The first-order valence-corrected chi connectivity index (χ1v) is 8.58. The molecule has 0 spiro atoms. The summed E-state index contributed by atoms with van der Waals surface area (Å²) in [6, 6.07) is 10.4. The molecule has 0 fully saturated rings. The Labute approximate surface area is 158 Å². The van der Waals surface area contributed by atoms with Crippen molar-refractivity contribution < 1.29 is 23.7 Å². The van der Waals surface area contributed by atoms with Gasteiger partial charge >= 0.3 is 0 Å². The maximum Gasteiger partial charge on any atom is 0.275 e. The highest BCUT2D eigenvalue weighted by atomic mass is 16.5. The SMILES string of the molecule is CCOc1ccc(/C=N\NC(=O)c2ccc(OC)cc2OC)cc1OCC. The van der Waals surface area contributed by atoms with Gasteiger partial charge in [-0.15, -0.1) is 0 Å². The molecule has 0 aliphatic carbocycles. The summed E-state index contributed by atoms with van der Waals surface area (Å²) in [6.07, 6.45) is 1.53. The molecule has 0 atom stereocenters. The van der Waals surface area contributed by atoms with E-state index in [9.17, 15) is 4.79 Å². The second-order valence-corrected chi connectivity index (χ2v) is 5.34. The van der Waals surface area contributed by atoms with Crippen LogP contribution in [0.15, 0.2) is 41.5 Å². The zero-order valence-electron chi connectivity index (χ0n) is 15.9. The van der Waals surface area contributed by atoms with Gasteiger partial charge in [-0.05, 0) is 49.7 Å². The highest BCUT2D eigenvalue weighted by Gasteiger charge is 2.12. The quantitative estimate of drug-likeness (QED) is 0.540. The van der Waals surface area contributed by atoms with Crippen LogP contribution in [0.3, 0.4) is 0 Å². The number of hydrazone groups is 1. The second-order valence-electron chi connectivity index (χ2n) is 5.34. The Hall–Kier alpha value is -3.22. The summed E-state index contributed by atoms with van der Waals surface area (Å²) in [5.41, 5.74) is 3.61. The standard InChI is InChI=1S/C20H24N2O5/c1-5-26-17-10-7-14(11-19(17)27-6-2)13-21-22-20(23)16-9-8-15(24-3)12-18(16)25-4/h7-13H,5-6H2,1-4H3,(H,22,23)/b21-13-. The number of amides is 1. The molecule has 2 aromatic carbocycles. The first-order chi connectivity index (χ1) is 13.1. The summed E-state index contributed by atoms with van der Waals surface area (Å²) in [6.45, 7) is 4.88. The van der Waals surface area contributed by atoms with E-state index in [1.54, 1.807) is 31.4 Å². The van der Waals surface area contributed by atoms with Crippen molar-refractivity contribution in [1.29, 1.82) is 0 Å². The molecular weight excluding hydrogens is 348 g/mol. The topological polar surface area (TPSA) is 78.4 Å². The summed E-state index contributed by atoms with van der Waals surface area (Å²) in [5.74, 6) is 1.92. The number of hydrogen-bond donors (Lipinski definition) is 1. The van der Waals surface area contributed by atoms with E-state index in [1.807, 2.05) is 26.0 Å². The maximum atomic E-state index is 12.3. The highest BCUT2D eigenvalue weighted by Crippen LogP contribution is 2.28. The van der Waals surface area contributed by atoms with Gasteiger partial charge in [0.1, 0.15) is 11.5 Å². The molecule has 0 aromatic heterocycles. The molecule has 144 valence electrons. The molecule has 0 aliphatic heterocycles. The van der Waals surface area contributed by atoms with Crippen LogP contribution in [-0.4, -0.2) is 39.6 Å². The molecule has 0 aliphatic rings. The Balaban J connectivity index is 2.10. The van der Waals surface area contributed by atoms with Gasteiger partial charge in [-0.1, -0.05) is 0 Å². The fourth-order valence-electron chi connectivity index (χ4n) is 2.36. The number of nitrogens with zero attached hydrogens (tertiary/aromatic N) is 1. The van der Waals surface area contributed by atoms with Crippen LogP contribution in [0.4, 0.5) is 0 Å². The van der Waals surface area contributed by atoms with Crippen LogP contribution >= 0.6 is 0 Å². The summed E-state index contributed by atoms with van der Waals surface area (Å²) in [4.78, 5) is 12.3. The zero-order chi connectivity index (χ0) is 19.6. The Morgan fingerprint density at radius 3 is 2.37 bits per heavy atom. The van der Waals surface area contributed by atoms with Gasteiger partial charge in [-0.2, -0.15) is 5.10 Å². The van der Waals surface area contributed by atoms with E-state index >= 15 is 0 Å². The van der Waals surface area contributed by atoms with Gasteiger partial charge in [0.05, 0.1) is 39.2 Å². The van der Waals surface area contributed by atoms with E-state index in [2.05, 4.69) is 10.5 Å². The van der Waals surface area contributed by atoms with Crippen molar-refractivity contribution in [3.8, 4) is 23.0 Å². The lowest BCUT2D eigenvalue weighted by Crippen LogP contribution is -2.18. The molecule has 0 saturated carbocycles. The number of ether oxygens (including phenoxy) is 4. The number of rotatable bonds is 9. The Bertz CT molecular complexity index is 805. The van der Waals surface area contributed by atoms with Crippen LogP contribution in [0.5, 0.6) is 23.0 Å². The van der Waals surface area contributed by atoms with Crippen LogP contribution < -0.4 is 24.4 Å². The number of benzene rings is 2. The first kappa shape index (κ1) is 20.1. The van der Waals surface area contributed by atoms with Crippen molar-refractivity contribution in [1.82, 2.24) is 5.43 Å². The van der Waals surface area contributed by atoms with Crippen molar-refractivity contribution in [3.63, 3.8) is 0 Å². The Morgan fingerprint density at radius 2 is 1.70 bits per heavy atom. The Morgan fingerprint density at radius 1 is 0.963 bits per heavy atom. The number of carbonyl (C=O) groups is 1. The van der Waals surface area contributed by atoms with Gasteiger partial charge < -0.3 is 18.9 Å². The van der Waals surface area contributed by atoms with Crippen molar-refractivity contribution in [2.45, 2.75) is 13.8 Å². The van der Waals surface area contributed by atoms with Crippen molar-refractivity contribution in [2.75, 3.05) is 27.4 Å². The molecule has 0 bridgehead atoms. The van der Waals surface area contributed by atoms with Crippen molar-refractivity contribution >= 4 is 12.1 Å². The fraction of sp³-hybridized carbons (Fsp3) is 0.300. The van der Waals surface area contributed by atoms with E-state index in [-0.39, 0.29) is 5.91 Å². The third kappa shape index (κ3) is 5.37. The normalized spacial score (nSPS) is 10.5.